The van der Waals surface area contributed by atoms with E-state index >= 15 is 0 Å². The number of aromatic carboxylic acids is 1. The van der Waals surface area contributed by atoms with Gasteiger partial charge >= 0.3 is 5.97 Å². The number of benzene rings is 2. The topological polar surface area (TPSA) is 74.7 Å². The van der Waals surface area contributed by atoms with Gasteiger partial charge in [-0.3, -0.25) is 9.00 Å². The van der Waals surface area contributed by atoms with Crippen LogP contribution in [0.1, 0.15) is 27.9 Å². The van der Waals surface area contributed by atoms with Crippen LogP contribution in [0.2, 0.25) is 0 Å². The Hall–Kier alpha value is -2.47. The van der Waals surface area contributed by atoms with Crippen molar-refractivity contribution in [3.8, 4) is 0 Å². The minimum Gasteiger partial charge on any atom is -0.478 e. The summed E-state index contributed by atoms with van der Waals surface area (Å²) in [6.45, 7) is 0.493. The molecular weight excluding hydrogens is 338 g/mol. The molecule has 132 valence electrons. The fraction of sp³-hybridized carbons (Fsp3) is 0.263. The second-order valence-corrected chi connectivity index (χ2v) is 7.23. The van der Waals surface area contributed by atoms with E-state index in [0.717, 1.165) is 16.0 Å². The molecule has 1 N–H and O–H groups in total. The average molecular weight is 359 g/mol. The Morgan fingerprint density at radius 1 is 1.00 bits per heavy atom. The molecule has 0 saturated heterocycles. The number of hydrogen-bond donors (Lipinski definition) is 1. The maximum Gasteiger partial charge on any atom is 0.335 e. The molecule has 0 spiro atoms. The van der Waals surface area contributed by atoms with E-state index < -0.39 is 16.8 Å². The van der Waals surface area contributed by atoms with Gasteiger partial charge in [-0.1, -0.05) is 24.3 Å². The molecule has 0 aliphatic heterocycles. The van der Waals surface area contributed by atoms with Gasteiger partial charge < -0.3 is 10.0 Å². The van der Waals surface area contributed by atoms with Crippen LogP contribution in [0.15, 0.2) is 53.4 Å². The van der Waals surface area contributed by atoms with Gasteiger partial charge in [-0.25, -0.2) is 4.79 Å². The van der Waals surface area contributed by atoms with E-state index in [4.69, 9.17) is 5.11 Å². The molecule has 0 bridgehead atoms. The van der Waals surface area contributed by atoms with Crippen LogP contribution in [-0.4, -0.2) is 39.4 Å². The highest BCUT2D eigenvalue weighted by Gasteiger charge is 2.10. The lowest BCUT2D eigenvalue weighted by atomic mass is 10.1. The van der Waals surface area contributed by atoms with Crippen molar-refractivity contribution in [2.24, 2.45) is 0 Å². The Morgan fingerprint density at radius 3 is 2.08 bits per heavy atom. The molecule has 0 saturated carbocycles. The van der Waals surface area contributed by atoms with Gasteiger partial charge in [0.2, 0.25) is 5.91 Å². The first-order valence-electron chi connectivity index (χ1n) is 7.85. The third kappa shape index (κ3) is 5.53. The van der Waals surface area contributed by atoms with Crippen molar-refractivity contribution in [3.05, 3.63) is 65.2 Å². The Balaban J connectivity index is 1.87. The van der Waals surface area contributed by atoms with Crippen LogP contribution in [-0.2, 0) is 28.6 Å². The summed E-state index contributed by atoms with van der Waals surface area (Å²) in [5.41, 5.74) is 2.15. The minimum absolute atomic E-state index is 0.0189. The summed E-state index contributed by atoms with van der Waals surface area (Å²) in [7, 11) is 0.747. The highest BCUT2D eigenvalue weighted by molar-refractivity contribution is 7.84. The SMILES string of the molecule is CN(Cc1ccc(S(C)=O)cc1)C(=O)CCc1ccc(C(=O)O)cc1. The molecule has 2 aromatic carbocycles. The Labute approximate surface area is 149 Å². The molecule has 1 atom stereocenters. The van der Waals surface area contributed by atoms with Crippen LogP contribution in [0.5, 0.6) is 0 Å². The lowest BCUT2D eigenvalue weighted by Crippen LogP contribution is -2.26. The zero-order valence-corrected chi connectivity index (χ0v) is 15.1. The maximum atomic E-state index is 12.3. The van der Waals surface area contributed by atoms with Gasteiger partial charge in [-0.2, -0.15) is 0 Å². The van der Waals surface area contributed by atoms with Gasteiger partial charge in [-0.15, -0.1) is 0 Å². The van der Waals surface area contributed by atoms with E-state index in [1.54, 1.807) is 42.5 Å². The summed E-state index contributed by atoms with van der Waals surface area (Å²) >= 11 is 0. The second-order valence-electron chi connectivity index (χ2n) is 5.85. The van der Waals surface area contributed by atoms with E-state index in [1.807, 2.05) is 24.3 Å². The highest BCUT2D eigenvalue weighted by atomic mass is 32.2. The summed E-state index contributed by atoms with van der Waals surface area (Å²) in [4.78, 5) is 25.5. The molecule has 0 radical (unpaired) electrons. The first kappa shape index (κ1) is 18.9. The zero-order chi connectivity index (χ0) is 18.4. The van der Waals surface area contributed by atoms with Crippen LogP contribution in [0.3, 0.4) is 0 Å². The van der Waals surface area contributed by atoms with Crippen molar-refractivity contribution in [2.75, 3.05) is 13.3 Å². The summed E-state index contributed by atoms with van der Waals surface area (Å²) in [5, 5.41) is 8.88. The van der Waals surface area contributed by atoms with Crippen molar-refractivity contribution < 1.29 is 18.9 Å². The fourth-order valence-corrected chi connectivity index (χ4v) is 2.92. The third-order valence-electron chi connectivity index (χ3n) is 3.93. The number of carboxylic acid groups (broad SMARTS) is 1. The molecule has 25 heavy (non-hydrogen) atoms. The molecule has 2 aromatic rings. The smallest absolute Gasteiger partial charge is 0.335 e. The summed E-state index contributed by atoms with van der Waals surface area (Å²) in [6.07, 6.45) is 2.56. The molecule has 2 rings (SSSR count). The van der Waals surface area contributed by atoms with E-state index in [1.165, 1.54) is 0 Å². The number of amides is 1. The molecular formula is C19H21NO4S. The van der Waals surface area contributed by atoms with Crippen LogP contribution < -0.4 is 0 Å². The molecule has 0 fully saturated rings. The Kier molecular flexibility index (Phi) is 6.47. The van der Waals surface area contributed by atoms with Crippen molar-refractivity contribution in [3.63, 3.8) is 0 Å². The van der Waals surface area contributed by atoms with E-state index in [-0.39, 0.29) is 11.5 Å². The van der Waals surface area contributed by atoms with Gasteiger partial charge in [0.05, 0.1) is 5.56 Å². The summed E-state index contributed by atoms with van der Waals surface area (Å²) in [6, 6.07) is 14.0. The monoisotopic (exact) mass is 359 g/mol. The molecule has 0 aromatic heterocycles. The Morgan fingerprint density at radius 2 is 1.56 bits per heavy atom. The predicted octanol–water partition coefficient (Wildman–Crippen LogP) is 2.71. The number of hydrogen-bond acceptors (Lipinski definition) is 3. The normalized spacial score (nSPS) is 11.8. The lowest BCUT2D eigenvalue weighted by molar-refractivity contribution is -0.130. The second kappa shape index (κ2) is 8.58. The van der Waals surface area contributed by atoms with Gasteiger partial charge in [0.25, 0.3) is 0 Å². The fourth-order valence-electron chi connectivity index (χ4n) is 2.40. The average Bonchev–Trinajstić information content (AvgIpc) is 2.60. The number of carbonyl (C=O) groups excluding carboxylic acids is 1. The minimum atomic E-state index is -1.00. The van der Waals surface area contributed by atoms with Gasteiger partial charge in [0.1, 0.15) is 0 Å². The first-order valence-corrected chi connectivity index (χ1v) is 9.41. The first-order chi connectivity index (χ1) is 11.9. The largest absolute Gasteiger partial charge is 0.478 e. The third-order valence-corrected chi connectivity index (χ3v) is 4.87. The van der Waals surface area contributed by atoms with Crippen molar-refractivity contribution >= 4 is 22.7 Å². The van der Waals surface area contributed by atoms with E-state index in [9.17, 15) is 13.8 Å². The van der Waals surface area contributed by atoms with Gasteiger partial charge in [0.15, 0.2) is 0 Å². The molecule has 0 aliphatic rings. The molecule has 0 heterocycles. The molecule has 1 unspecified atom stereocenters. The number of nitrogens with zero attached hydrogens (tertiary/aromatic N) is 1. The van der Waals surface area contributed by atoms with Crippen LogP contribution >= 0.6 is 0 Å². The zero-order valence-electron chi connectivity index (χ0n) is 14.3. The summed E-state index contributed by atoms with van der Waals surface area (Å²) < 4.78 is 11.4. The predicted molar refractivity (Wildman–Crippen MR) is 97.0 cm³/mol. The lowest BCUT2D eigenvalue weighted by Gasteiger charge is -2.17. The van der Waals surface area contributed by atoms with Crippen LogP contribution in [0.4, 0.5) is 0 Å². The highest BCUT2D eigenvalue weighted by Crippen LogP contribution is 2.11. The molecule has 1 amide bonds. The molecule has 6 heteroatoms. The quantitative estimate of drug-likeness (QED) is 0.825. The van der Waals surface area contributed by atoms with Crippen molar-refractivity contribution in [1.29, 1.82) is 0 Å². The standard InChI is InChI=1S/C19H21NO4S/c1-20(13-15-5-10-17(11-6-15)25(2)24)18(21)12-7-14-3-8-16(9-4-14)19(22)23/h3-6,8-11H,7,12-13H2,1-2H3,(H,22,23). The van der Waals surface area contributed by atoms with Crippen molar-refractivity contribution in [1.82, 2.24) is 4.90 Å². The van der Waals surface area contributed by atoms with Gasteiger partial charge in [0, 0.05) is 42.0 Å². The number of carboxylic acids is 1. The van der Waals surface area contributed by atoms with Crippen LogP contribution in [0, 0.1) is 0 Å². The molecule has 5 nitrogen and oxygen atoms in total. The van der Waals surface area contributed by atoms with Crippen molar-refractivity contribution in [2.45, 2.75) is 24.3 Å². The maximum absolute atomic E-state index is 12.3. The summed E-state index contributed by atoms with van der Waals surface area (Å²) in [5.74, 6) is -0.939. The van der Waals surface area contributed by atoms with Gasteiger partial charge in [-0.05, 0) is 41.8 Å². The number of aryl methyl sites for hydroxylation is 1. The van der Waals surface area contributed by atoms with Crippen LogP contribution in [0.25, 0.3) is 0 Å². The number of rotatable bonds is 7. The Bertz CT molecular complexity index is 769. The van der Waals surface area contributed by atoms with E-state index in [2.05, 4.69) is 0 Å². The molecule has 0 aliphatic carbocycles. The number of carbonyl (C=O) groups is 2. The van der Waals surface area contributed by atoms with E-state index in [0.29, 0.717) is 19.4 Å².